The van der Waals surface area contributed by atoms with E-state index < -0.39 is 5.54 Å². The normalized spacial score (nSPS) is 23.9. The maximum absolute atomic E-state index is 12.3. The summed E-state index contributed by atoms with van der Waals surface area (Å²) in [5.41, 5.74) is -0.702. The van der Waals surface area contributed by atoms with Crippen LogP contribution in [0.5, 0.6) is 0 Å². The van der Waals surface area contributed by atoms with Crippen LogP contribution >= 0.6 is 11.3 Å². The van der Waals surface area contributed by atoms with E-state index in [1.54, 1.807) is 16.2 Å². The summed E-state index contributed by atoms with van der Waals surface area (Å²) in [6.45, 7) is 4.93. The SMILES string of the molecule is CCC1(C)C(=O)NCCN1C(=O)Cc1cccs1. The molecule has 1 aliphatic heterocycles. The van der Waals surface area contributed by atoms with Crippen LogP contribution in [0, 0.1) is 0 Å². The van der Waals surface area contributed by atoms with Crippen molar-refractivity contribution in [1.29, 1.82) is 0 Å². The molecule has 2 rings (SSSR count). The summed E-state index contributed by atoms with van der Waals surface area (Å²) in [4.78, 5) is 27.1. The standard InChI is InChI=1S/C13H18N2O2S/c1-3-13(2)12(17)14-6-7-15(13)11(16)9-10-5-4-8-18-10/h4-5,8H,3,6-7,9H2,1-2H3,(H,14,17). The van der Waals surface area contributed by atoms with Gasteiger partial charge in [0.05, 0.1) is 6.42 Å². The Balaban J connectivity index is 2.15. The Morgan fingerprint density at radius 1 is 1.61 bits per heavy atom. The second kappa shape index (κ2) is 5.10. The molecule has 2 heterocycles. The Morgan fingerprint density at radius 2 is 2.39 bits per heavy atom. The van der Waals surface area contributed by atoms with Crippen LogP contribution < -0.4 is 5.32 Å². The van der Waals surface area contributed by atoms with Crippen molar-refractivity contribution < 1.29 is 9.59 Å². The average molecular weight is 266 g/mol. The Hall–Kier alpha value is -1.36. The van der Waals surface area contributed by atoms with Gasteiger partial charge in [0.25, 0.3) is 0 Å². The summed E-state index contributed by atoms with van der Waals surface area (Å²) in [6, 6.07) is 3.89. The molecule has 5 heteroatoms. The van der Waals surface area contributed by atoms with Gasteiger partial charge in [-0.15, -0.1) is 11.3 Å². The number of thiophene rings is 1. The first kappa shape index (κ1) is 13.1. The Bertz CT molecular complexity index is 444. The highest BCUT2D eigenvalue weighted by Crippen LogP contribution is 2.24. The maximum atomic E-state index is 12.3. The zero-order chi connectivity index (χ0) is 13.2. The lowest BCUT2D eigenvalue weighted by molar-refractivity contribution is -0.150. The van der Waals surface area contributed by atoms with Crippen molar-refractivity contribution in [3.05, 3.63) is 22.4 Å². The van der Waals surface area contributed by atoms with Crippen LogP contribution in [0.3, 0.4) is 0 Å². The van der Waals surface area contributed by atoms with Gasteiger partial charge in [-0.1, -0.05) is 13.0 Å². The van der Waals surface area contributed by atoms with Crippen LogP contribution in [0.25, 0.3) is 0 Å². The molecule has 0 saturated carbocycles. The molecule has 0 aromatic carbocycles. The first-order valence-corrected chi connectivity index (χ1v) is 7.07. The number of piperazine rings is 1. The van der Waals surface area contributed by atoms with Crippen molar-refractivity contribution in [2.45, 2.75) is 32.2 Å². The minimum Gasteiger partial charge on any atom is -0.352 e. The van der Waals surface area contributed by atoms with Crippen molar-refractivity contribution in [2.24, 2.45) is 0 Å². The molecule has 1 N–H and O–H groups in total. The summed E-state index contributed by atoms with van der Waals surface area (Å²) in [7, 11) is 0. The number of nitrogens with one attached hydrogen (secondary N) is 1. The molecule has 1 unspecified atom stereocenters. The van der Waals surface area contributed by atoms with Crippen LogP contribution in [0.4, 0.5) is 0 Å². The molecule has 1 aliphatic rings. The average Bonchev–Trinajstić information content (AvgIpc) is 2.85. The quantitative estimate of drug-likeness (QED) is 0.899. The summed E-state index contributed by atoms with van der Waals surface area (Å²) < 4.78 is 0. The van der Waals surface area contributed by atoms with E-state index >= 15 is 0 Å². The maximum Gasteiger partial charge on any atom is 0.245 e. The molecule has 1 fully saturated rings. The third-order valence-corrected chi connectivity index (χ3v) is 4.48. The summed E-state index contributed by atoms with van der Waals surface area (Å²) in [5, 5.41) is 4.80. The number of hydrogen-bond acceptors (Lipinski definition) is 3. The van der Waals surface area contributed by atoms with Gasteiger partial charge < -0.3 is 10.2 Å². The van der Waals surface area contributed by atoms with Crippen LogP contribution in [-0.4, -0.2) is 35.3 Å². The lowest BCUT2D eigenvalue weighted by atomic mass is 9.92. The molecule has 0 radical (unpaired) electrons. The first-order chi connectivity index (χ1) is 8.58. The molecule has 1 aromatic rings. The minimum atomic E-state index is -0.702. The van der Waals surface area contributed by atoms with Gasteiger partial charge in [-0.05, 0) is 24.8 Å². The van der Waals surface area contributed by atoms with Crippen molar-refractivity contribution in [1.82, 2.24) is 10.2 Å². The van der Waals surface area contributed by atoms with Gasteiger partial charge >= 0.3 is 0 Å². The third kappa shape index (κ3) is 2.27. The third-order valence-electron chi connectivity index (χ3n) is 3.60. The first-order valence-electron chi connectivity index (χ1n) is 6.19. The van der Waals surface area contributed by atoms with E-state index in [1.165, 1.54) is 0 Å². The topological polar surface area (TPSA) is 49.4 Å². The minimum absolute atomic E-state index is 0.0386. The van der Waals surface area contributed by atoms with Crippen LogP contribution in [0.15, 0.2) is 17.5 Å². The Labute approximate surface area is 111 Å². The zero-order valence-electron chi connectivity index (χ0n) is 10.7. The smallest absolute Gasteiger partial charge is 0.245 e. The second-order valence-electron chi connectivity index (χ2n) is 4.68. The molecule has 0 aliphatic carbocycles. The van der Waals surface area contributed by atoms with E-state index in [-0.39, 0.29) is 11.8 Å². The second-order valence-corrected chi connectivity index (χ2v) is 5.72. The van der Waals surface area contributed by atoms with E-state index in [0.717, 1.165) is 4.88 Å². The largest absolute Gasteiger partial charge is 0.352 e. The lowest BCUT2D eigenvalue weighted by Crippen LogP contribution is -2.64. The molecule has 4 nitrogen and oxygen atoms in total. The Kier molecular flexibility index (Phi) is 3.71. The van der Waals surface area contributed by atoms with E-state index in [0.29, 0.717) is 25.9 Å². The van der Waals surface area contributed by atoms with Crippen molar-refractivity contribution in [2.75, 3.05) is 13.1 Å². The molecule has 1 atom stereocenters. The van der Waals surface area contributed by atoms with Crippen LogP contribution in [0.2, 0.25) is 0 Å². The van der Waals surface area contributed by atoms with Gasteiger partial charge in [0.2, 0.25) is 11.8 Å². The monoisotopic (exact) mass is 266 g/mol. The van der Waals surface area contributed by atoms with Crippen molar-refractivity contribution in [3.63, 3.8) is 0 Å². The van der Waals surface area contributed by atoms with E-state index in [9.17, 15) is 9.59 Å². The van der Waals surface area contributed by atoms with Gasteiger partial charge in [-0.3, -0.25) is 9.59 Å². The Morgan fingerprint density at radius 3 is 3.00 bits per heavy atom. The molecule has 18 heavy (non-hydrogen) atoms. The molecule has 1 aromatic heterocycles. The number of carbonyl (C=O) groups excluding carboxylic acids is 2. The molecular formula is C13H18N2O2S. The lowest BCUT2D eigenvalue weighted by Gasteiger charge is -2.43. The van der Waals surface area contributed by atoms with Crippen LogP contribution in [0.1, 0.15) is 25.1 Å². The highest BCUT2D eigenvalue weighted by atomic mass is 32.1. The van der Waals surface area contributed by atoms with E-state index in [1.807, 2.05) is 31.4 Å². The van der Waals surface area contributed by atoms with Crippen molar-refractivity contribution in [3.8, 4) is 0 Å². The van der Waals surface area contributed by atoms with E-state index in [2.05, 4.69) is 5.32 Å². The number of amides is 2. The van der Waals surface area contributed by atoms with Crippen molar-refractivity contribution >= 4 is 23.2 Å². The van der Waals surface area contributed by atoms with Crippen LogP contribution in [-0.2, 0) is 16.0 Å². The fourth-order valence-corrected chi connectivity index (χ4v) is 2.95. The van der Waals surface area contributed by atoms with E-state index in [4.69, 9.17) is 0 Å². The summed E-state index contributed by atoms with van der Waals surface area (Å²) in [6.07, 6.45) is 1.02. The molecule has 2 amide bonds. The highest BCUT2D eigenvalue weighted by Gasteiger charge is 2.42. The van der Waals surface area contributed by atoms with Gasteiger partial charge in [0.1, 0.15) is 5.54 Å². The molecule has 1 saturated heterocycles. The number of carbonyl (C=O) groups is 2. The number of hydrogen-bond donors (Lipinski definition) is 1. The van der Waals surface area contributed by atoms with Gasteiger partial charge in [0.15, 0.2) is 0 Å². The highest BCUT2D eigenvalue weighted by molar-refractivity contribution is 7.10. The molecular weight excluding hydrogens is 248 g/mol. The molecule has 98 valence electrons. The summed E-state index contributed by atoms with van der Waals surface area (Å²) in [5.74, 6) is -0.00701. The van der Waals surface area contributed by atoms with Gasteiger partial charge in [-0.25, -0.2) is 0 Å². The fraction of sp³-hybridized carbons (Fsp3) is 0.538. The van der Waals surface area contributed by atoms with Gasteiger partial charge in [0, 0.05) is 18.0 Å². The number of rotatable bonds is 3. The molecule has 0 spiro atoms. The fourth-order valence-electron chi connectivity index (χ4n) is 2.25. The zero-order valence-corrected chi connectivity index (χ0v) is 11.5. The predicted molar refractivity (Wildman–Crippen MR) is 71.4 cm³/mol. The summed E-state index contributed by atoms with van der Waals surface area (Å²) >= 11 is 1.58. The predicted octanol–water partition coefficient (Wildman–Crippen LogP) is 1.42. The van der Waals surface area contributed by atoms with Gasteiger partial charge in [-0.2, -0.15) is 0 Å². The molecule has 0 bridgehead atoms. The number of nitrogens with zero attached hydrogens (tertiary/aromatic N) is 1.